The van der Waals surface area contributed by atoms with Crippen molar-refractivity contribution in [2.24, 2.45) is 0 Å². The van der Waals surface area contributed by atoms with Crippen LogP contribution in [-0.2, 0) is 27.0 Å². The molecule has 1 amide bonds. The van der Waals surface area contributed by atoms with Crippen molar-refractivity contribution >= 4 is 27.5 Å². The second-order valence-electron chi connectivity index (χ2n) is 11.5. The van der Waals surface area contributed by atoms with Gasteiger partial charge in [0.2, 0.25) is 10.0 Å². The minimum Gasteiger partial charge on any atom is -0.487 e. The van der Waals surface area contributed by atoms with Crippen molar-refractivity contribution in [2.75, 3.05) is 29.0 Å². The van der Waals surface area contributed by atoms with Crippen LogP contribution in [0.5, 0.6) is 5.75 Å². The van der Waals surface area contributed by atoms with Crippen molar-refractivity contribution in [1.29, 1.82) is 0 Å². The first-order chi connectivity index (χ1) is 19.2. The number of hydrogen-bond acceptors (Lipinski definition) is 7. The highest BCUT2D eigenvalue weighted by molar-refractivity contribution is 7.92. The van der Waals surface area contributed by atoms with Crippen molar-refractivity contribution in [3.63, 3.8) is 0 Å². The number of β-amino-alcohol motifs (C(OH)–C–C–N with tert-alkyl or cyclic N) is 1. The molecule has 1 atom stereocenters. The minimum absolute atomic E-state index is 0.212. The average Bonchev–Trinajstić information content (AvgIpc) is 2.90. The number of rotatable bonds is 12. The molecule has 1 heterocycles. The lowest BCUT2D eigenvalue weighted by atomic mass is 9.93. The van der Waals surface area contributed by atoms with Gasteiger partial charge in [-0.3, -0.25) is 9.62 Å². The van der Waals surface area contributed by atoms with Crippen molar-refractivity contribution in [1.82, 2.24) is 5.32 Å². The van der Waals surface area contributed by atoms with E-state index < -0.39 is 27.3 Å². The van der Waals surface area contributed by atoms with Gasteiger partial charge >= 0.3 is 6.09 Å². The van der Waals surface area contributed by atoms with E-state index in [4.69, 9.17) is 9.47 Å². The van der Waals surface area contributed by atoms with Gasteiger partial charge in [0.25, 0.3) is 0 Å². The molecule has 9 nitrogen and oxygen atoms in total. The molecule has 0 radical (unpaired) electrons. The maximum Gasteiger partial charge on any atom is 0.415 e. The summed E-state index contributed by atoms with van der Waals surface area (Å²) in [6.45, 7) is 8.68. The van der Waals surface area contributed by atoms with Gasteiger partial charge in [0.1, 0.15) is 18.0 Å². The standard InChI is InChI=1S/C31H39N3O6S/c1-30(2,17-18-34-26-14-10-9-13-24(26)31(3,4)40-29(34)36)32-20-27(35)23-15-16-28(25(19-23)33-41(5,37)38)39-21-22-11-7-6-8-12-22/h6-16,19,27,32-33,35H,17-18,20-21H2,1-5H3/t27-/m0/s1. The zero-order valence-corrected chi connectivity index (χ0v) is 25.0. The van der Waals surface area contributed by atoms with Gasteiger partial charge in [0.05, 0.1) is 23.7 Å². The fourth-order valence-corrected chi connectivity index (χ4v) is 5.28. The summed E-state index contributed by atoms with van der Waals surface area (Å²) < 4.78 is 38.1. The monoisotopic (exact) mass is 581 g/mol. The van der Waals surface area contributed by atoms with Gasteiger partial charge in [-0.15, -0.1) is 0 Å². The highest BCUT2D eigenvalue weighted by Gasteiger charge is 2.38. The lowest BCUT2D eigenvalue weighted by molar-refractivity contribution is 0.0347. The molecule has 0 bridgehead atoms. The molecule has 41 heavy (non-hydrogen) atoms. The van der Waals surface area contributed by atoms with Gasteiger partial charge in [0.15, 0.2) is 0 Å². The van der Waals surface area contributed by atoms with Gasteiger partial charge in [-0.1, -0.05) is 54.6 Å². The lowest BCUT2D eigenvalue weighted by Gasteiger charge is -2.39. The smallest absolute Gasteiger partial charge is 0.415 e. The number of nitrogens with zero attached hydrogens (tertiary/aromatic N) is 1. The van der Waals surface area contributed by atoms with Gasteiger partial charge in [-0.2, -0.15) is 0 Å². The molecule has 0 aromatic heterocycles. The summed E-state index contributed by atoms with van der Waals surface area (Å²) in [4.78, 5) is 14.5. The number of aliphatic hydroxyl groups is 1. The van der Waals surface area contributed by atoms with E-state index in [2.05, 4.69) is 10.0 Å². The predicted molar refractivity (Wildman–Crippen MR) is 161 cm³/mol. The van der Waals surface area contributed by atoms with Gasteiger partial charge in [-0.25, -0.2) is 13.2 Å². The Morgan fingerprint density at radius 1 is 1.05 bits per heavy atom. The molecule has 0 fully saturated rings. The molecule has 0 spiro atoms. The molecule has 0 saturated carbocycles. The largest absolute Gasteiger partial charge is 0.487 e. The van der Waals surface area contributed by atoms with E-state index >= 15 is 0 Å². The first-order valence-electron chi connectivity index (χ1n) is 13.6. The van der Waals surface area contributed by atoms with Gasteiger partial charge < -0.3 is 19.9 Å². The molecule has 0 unspecified atom stereocenters. The summed E-state index contributed by atoms with van der Waals surface area (Å²) in [5.41, 5.74) is 2.38. The van der Waals surface area contributed by atoms with Crippen molar-refractivity contribution in [3.8, 4) is 5.75 Å². The van der Waals surface area contributed by atoms with Crippen LogP contribution in [0.1, 0.15) is 56.9 Å². The number of carbonyl (C=O) groups is 1. The quantitative estimate of drug-likeness (QED) is 0.265. The number of benzene rings is 3. The Labute approximate surface area is 242 Å². The van der Waals surface area contributed by atoms with E-state index in [1.54, 1.807) is 23.1 Å². The second kappa shape index (κ2) is 12.1. The number of para-hydroxylation sites is 1. The molecular weight excluding hydrogens is 542 g/mol. The van der Waals surface area contributed by atoms with Crippen LogP contribution in [0.15, 0.2) is 72.8 Å². The maximum absolute atomic E-state index is 12.8. The van der Waals surface area contributed by atoms with E-state index in [9.17, 15) is 18.3 Å². The number of hydrogen-bond donors (Lipinski definition) is 3. The Balaban J connectivity index is 1.40. The molecule has 3 N–H and O–H groups in total. The van der Waals surface area contributed by atoms with Crippen LogP contribution in [0.4, 0.5) is 16.2 Å². The third-order valence-electron chi connectivity index (χ3n) is 7.06. The highest BCUT2D eigenvalue weighted by atomic mass is 32.2. The summed E-state index contributed by atoms with van der Waals surface area (Å²) in [5.74, 6) is 0.361. The second-order valence-corrected chi connectivity index (χ2v) is 13.2. The van der Waals surface area contributed by atoms with Gasteiger partial charge in [0, 0.05) is 24.2 Å². The average molecular weight is 582 g/mol. The third kappa shape index (κ3) is 8.00. The molecule has 1 aliphatic heterocycles. The number of amides is 1. The van der Waals surface area contributed by atoms with Crippen LogP contribution >= 0.6 is 0 Å². The van der Waals surface area contributed by atoms with Gasteiger partial charge in [-0.05, 0) is 63.4 Å². The Kier molecular flexibility index (Phi) is 8.96. The highest BCUT2D eigenvalue weighted by Crippen LogP contribution is 2.39. The first-order valence-corrected chi connectivity index (χ1v) is 15.4. The summed E-state index contributed by atoms with van der Waals surface area (Å²) in [7, 11) is -3.58. The summed E-state index contributed by atoms with van der Waals surface area (Å²) in [5, 5.41) is 14.4. The topological polar surface area (TPSA) is 117 Å². The molecule has 3 aromatic carbocycles. The van der Waals surface area contributed by atoms with E-state index in [0.717, 1.165) is 23.1 Å². The fourth-order valence-electron chi connectivity index (χ4n) is 4.72. The maximum atomic E-state index is 12.8. The summed E-state index contributed by atoms with van der Waals surface area (Å²) in [6.07, 6.45) is 0.360. The third-order valence-corrected chi connectivity index (χ3v) is 7.65. The number of nitrogens with one attached hydrogen (secondary N) is 2. The van der Waals surface area contributed by atoms with Crippen LogP contribution in [0, 0.1) is 0 Å². The molecule has 0 saturated heterocycles. The lowest BCUT2D eigenvalue weighted by Crippen LogP contribution is -2.48. The number of anilines is 2. The molecule has 10 heteroatoms. The zero-order chi connectivity index (χ0) is 29.8. The predicted octanol–water partition coefficient (Wildman–Crippen LogP) is 5.32. The Morgan fingerprint density at radius 2 is 1.73 bits per heavy atom. The Bertz CT molecular complexity index is 1470. The van der Waals surface area contributed by atoms with E-state index in [-0.39, 0.29) is 24.9 Å². The van der Waals surface area contributed by atoms with Crippen molar-refractivity contribution in [3.05, 3.63) is 89.5 Å². The number of cyclic esters (lactones) is 1. The first kappa shape index (κ1) is 30.4. The van der Waals surface area contributed by atoms with Crippen molar-refractivity contribution < 1.29 is 27.8 Å². The molecular formula is C31H39N3O6S. The van der Waals surface area contributed by atoms with Crippen LogP contribution in [0.2, 0.25) is 0 Å². The van der Waals surface area contributed by atoms with E-state index in [1.165, 1.54) is 0 Å². The number of fused-ring (bicyclic) bond motifs is 1. The Hall–Kier alpha value is -3.60. The fraction of sp³-hybridized carbons (Fsp3) is 0.387. The number of carbonyl (C=O) groups excluding carboxylic acids is 1. The number of aliphatic hydroxyl groups excluding tert-OH is 1. The molecule has 4 rings (SSSR count). The SMILES string of the molecule is CC(C)(CCN1C(=O)OC(C)(C)c2ccccc21)NC[C@H](O)c1ccc(OCc2ccccc2)c(NS(C)(=O)=O)c1. The molecule has 220 valence electrons. The molecule has 1 aliphatic rings. The number of sulfonamides is 1. The van der Waals surface area contributed by atoms with Crippen LogP contribution in [-0.4, -0.2) is 44.5 Å². The van der Waals surface area contributed by atoms with E-state index in [0.29, 0.717) is 24.3 Å². The number of ether oxygens (including phenoxy) is 2. The molecule has 3 aromatic rings. The van der Waals surface area contributed by atoms with Crippen LogP contribution in [0.25, 0.3) is 0 Å². The van der Waals surface area contributed by atoms with E-state index in [1.807, 2.05) is 82.3 Å². The summed E-state index contributed by atoms with van der Waals surface area (Å²) >= 11 is 0. The van der Waals surface area contributed by atoms with Crippen LogP contribution in [0.3, 0.4) is 0 Å². The normalized spacial score (nSPS) is 15.6. The molecule has 0 aliphatic carbocycles. The van der Waals surface area contributed by atoms with Crippen molar-refractivity contribution in [2.45, 2.75) is 58.0 Å². The Morgan fingerprint density at radius 3 is 2.44 bits per heavy atom. The van der Waals surface area contributed by atoms with Crippen LogP contribution < -0.4 is 19.7 Å². The minimum atomic E-state index is -3.58. The zero-order valence-electron chi connectivity index (χ0n) is 24.2. The summed E-state index contributed by atoms with van der Waals surface area (Å²) in [6, 6.07) is 22.3.